The third-order valence-electron chi connectivity index (χ3n) is 2.69. The molecule has 0 bridgehead atoms. The van der Waals surface area contributed by atoms with Crippen LogP contribution in [0, 0.1) is 27.4 Å². The first-order valence-electron chi connectivity index (χ1n) is 6.35. The number of nitriles is 1. The van der Waals surface area contributed by atoms with Crippen molar-refractivity contribution in [2.24, 2.45) is 5.92 Å². The van der Waals surface area contributed by atoms with Gasteiger partial charge < -0.3 is 0 Å². The highest BCUT2D eigenvalue weighted by atomic mass is 16.6. The number of hydrogen-bond donors (Lipinski definition) is 0. The number of nitro groups is 1. The van der Waals surface area contributed by atoms with E-state index in [2.05, 4.69) is 24.8 Å². The minimum Gasteiger partial charge on any atom is -0.298 e. The third-order valence-corrected chi connectivity index (χ3v) is 2.69. The van der Waals surface area contributed by atoms with Crippen LogP contribution in [0.4, 0.5) is 5.69 Å². The summed E-state index contributed by atoms with van der Waals surface area (Å²) in [6.45, 7) is 6.45. The quantitative estimate of drug-likeness (QED) is 0.559. The van der Waals surface area contributed by atoms with Gasteiger partial charge in [0.25, 0.3) is 5.69 Å². The molecule has 1 aromatic carbocycles. The Labute approximate surface area is 113 Å². The van der Waals surface area contributed by atoms with Crippen molar-refractivity contribution in [3.63, 3.8) is 0 Å². The van der Waals surface area contributed by atoms with Crippen molar-refractivity contribution in [3.05, 3.63) is 39.9 Å². The van der Waals surface area contributed by atoms with Gasteiger partial charge in [-0.1, -0.05) is 26.0 Å². The fourth-order valence-corrected chi connectivity index (χ4v) is 1.99. The Hall–Kier alpha value is -1.93. The summed E-state index contributed by atoms with van der Waals surface area (Å²) in [4.78, 5) is 12.5. The average Bonchev–Trinajstić information content (AvgIpc) is 2.35. The maximum Gasteiger partial charge on any atom is 0.269 e. The SMILES string of the molecule is CC(C)CN(CCC#N)Cc1cccc([N+](=O)[O-])c1. The normalized spacial score (nSPS) is 10.7. The molecule has 0 aliphatic heterocycles. The van der Waals surface area contributed by atoms with Crippen LogP contribution in [0.15, 0.2) is 24.3 Å². The first-order valence-corrected chi connectivity index (χ1v) is 6.35. The Morgan fingerprint density at radius 1 is 1.47 bits per heavy atom. The number of rotatable bonds is 7. The predicted molar refractivity (Wildman–Crippen MR) is 73.4 cm³/mol. The summed E-state index contributed by atoms with van der Waals surface area (Å²) >= 11 is 0. The molecule has 5 nitrogen and oxygen atoms in total. The molecule has 0 unspecified atom stereocenters. The summed E-state index contributed by atoms with van der Waals surface area (Å²) in [5, 5.41) is 19.4. The molecule has 0 fully saturated rings. The van der Waals surface area contributed by atoms with Crippen molar-refractivity contribution in [1.82, 2.24) is 4.90 Å². The van der Waals surface area contributed by atoms with Crippen molar-refractivity contribution in [2.45, 2.75) is 26.8 Å². The summed E-state index contributed by atoms with van der Waals surface area (Å²) < 4.78 is 0. The van der Waals surface area contributed by atoms with Gasteiger partial charge in [-0.05, 0) is 11.5 Å². The van der Waals surface area contributed by atoms with Gasteiger partial charge in [-0.3, -0.25) is 15.0 Å². The van der Waals surface area contributed by atoms with Crippen LogP contribution in [0.2, 0.25) is 0 Å². The molecular weight excluding hydrogens is 242 g/mol. The van der Waals surface area contributed by atoms with Gasteiger partial charge in [-0.2, -0.15) is 5.26 Å². The molecule has 0 amide bonds. The largest absolute Gasteiger partial charge is 0.298 e. The maximum absolute atomic E-state index is 10.7. The van der Waals surface area contributed by atoms with E-state index in [1.807, 2.05) is 6.07 Å². The smallest absolute Gasteiger partial charge is 0.269 e. The van der Waals surface area contributed by atoms with Crippen LogP contribution in [-0.2, 0) is 6.54 Å². The number of nitrogens with zero attached hydrogens (tertiary/aromatic N) is 3. The molecule has 1 rings (SSSR count). The van der Waals surface area contributed by atoms with E-state index in [4.69, 9.17) is 5.26 Å². The van der Waals surface area contributed by atoms with Crippen LogP contribution >= 0.6 is 0 Å². The minimum atomic E-state index is -0.383. The molecular formula is C14H19N3O2. The van der Waals surface area contributed by atoms with Gasteiger partial charge in [0.2, 0.25) is 0 Å². The molecule has 5 heteroatoms. The zero-order valence-corrected chi connectivity index (χ0v) is 11.4. The molecule has 0 atom stereocenters. The molecule has 0 aromatic heterocycles. The van der Waals surface area contributed by atoms with Crippen molar-refractivity contribution in [1.29, 1.82) is 5.26 Å². The van der Waals surface area contributed by atoms with Crippen molar-refractivity contribution < 1.29 is 4.92 Å². The van der Waals surface area contributed by atoms with E-state index < -0.39 is 0 Å². The first-order chi connectivity index (χ1) is 9.02. The van der Waals surface area contributed by atoms with Crippen LogP contribution in [-0.4, -0.2) is 22.9 Å². The van der Waals surface area contributed by atoms with Gasteiger partial charge >= 0.3 is 0 Å². The molecule has 19 heavy (non-hydrogen) atoms. The second-order valence-corrected chi connectivity index (χ2v) is 4.96. The van der Waals surface area contributed by atoms with E-state index >= 15 is 0 Å². The maximum atomic E-state index is 10.7. The van der Waals surface area contributed by atoms with Crippen molar-refractivity contribution in [3.8, 4) is 6.07 Å². The van der Waals surface area contributed by atoms with Gasteiger partial charge in [-0.25, -0.2) is 0 Å². The molecule has 1 aromatic rings. The van der Waals surface area contributed by atoms with E-state index in [0.717, 1.165) is 12.1 Å². The molecule has 0 aliphatic carbocycles. The van der Waals surface area contributed by atoms with Crippen LogP contribution in [0.1, 0.15) is 25.8 Å². The lowest BCUT2D eigenvalue weighted by atomic mass is 10.1. The van der Waals surface area contributed by atoms with Gasteiger partial charge in [0.1, 0.15) is 0 Å². The first kappa shape index (κ1) is 15.1. The number of nitro benzene ring substituents is 1. The van der Waals surface area contributed by atoms with Gasteiger partial charge in [0, 0.05) is 38.2 Å². The average molecular weight is 261 g/mol. The summed E-state index contributed by atoms with van der Waals surface area (Å²) in [5.41, 5.74) is 1.02. The third kappa shape index (κ3) is 5.49. The molecule has 0 heterocycles. The zero-order chi connectivity index (χ0) is 14.3. The Bertz CT molecular complexity index is 466. The van der Waals surface area contributed by atoms with Crippen LogP contribution in [0.5, 0.6) is 0 Å². The Morgan fingerprint density at radius 2 is 2.21 bits per heavy atom. The van der Waals surface area contributed by atoms with Gasteiger partial charge in [-0.15, -0.1) is 0 Å². The van der Waals surface area contributed by atoms with E-state index in [1.54, 1.807) is 12.1 Å². The predicted octanol–water partition coefficient (Wildman–Crippen LogP) is 2.97. The zero-order valence-electron chi connectivity index (χ0n) is 11.4. The van der Waals surface area contributed by atoms with Crippen LogP contribution in [0.25, 0.3) is 0 Å². The topological polar surface area (TPSA) is 70.2 Å². The number of hydrogen-bond acceptors (Lipinski definition) is 4. The Balaban J connectivity index is 2.74. The second kappa shape index (κ2) is 7.49. The minimum absolute atomic E-state index is 0.113. The van der Waals surface area contributed by atoms with E-state index in [1.165, 1.54) is 6.07 Å². The second-order valence-electron chi connectivity index (χ2n) is 4.96. The highest BCUT2D eigenvalue weighted by Gasteiger charge is 2.11. The summed E-state index contributed by atoms with van der Waals surface area (Å²) in [5.74, 6) is 0.498. The number of non-ortho nitro benzene ring substituents is 1. The van der Waals surface area contributed by atoms with Crippen LogP contribution < -0.4 is 0 Å². The van der Waals surface area contributed by atoms with Gasteiger partial charge in [0.15, 0.2) is 0 Å². The fraction of sp³-hybridized carbons (Fsp3) is 0.500. The molecule has 0 saturated heterocycles. The Morgan fingerprint density at radius 3 is 2.79 bits per heavy atom. The lowest BCUT2D eigenvalue weighted by Crippen LogP contribution is -2.28. The lowest BCUT2D eigenvalue weighted by Gasteiger charge is -2.23. The summed E-state index contributed by atoms with van der Waals surface area (Å²) in [7, 11) is 0. The monoisotopic (exact) mass is 261 g/mol. The van der Waals surface area contributed by atoms with E-state index in [9.17, 15) is 10.1 Å². The highest BCUT2D eigenvalue weighted by molar-refractivity contribution is 5.34. The van der Waals surface area contributed by atoms with Gasteiger partial charge in [0.05, 0.1) is 11.0 Å². The fourth-order valence-electron chi connectivity index (χ4n) is 1.99. The van der Waals surface area contributed by atoms with E-state index in [0.29, 0.717) is 25.4 Å². The summed E-state index contributed by atoms with van der Waals surface area (Å²) in [6.07, 6.45) is 0.474. The Kier molecular flexibility index (Phi) is 5.97. The lowest BCUT2D eigenvalue weighted by molar-refractivity contribution is -0.384. The van der Waals surface area contributed by atoms with E-state index in [-0.39, 0.29) is 10.6 Å². The molecule has 0 aliphatic rings. The van der Waals surface area contributed by atoms with Crippen molar-refractivity contribution >= 4 is 5.69 Å². The number of benzene rings is 1. The summed E-state index contributed by atoms with van der Waals surface area (Å²) in [6, 6.07) is 8.81. The standard InChI is InChI=1S/C14H19N3O2/c1-12(2)10-16(8-4-7-15)11-13-5-3-6-14(9-13)17(18)19/h3,5-6,9,12H,4,8,10-11H2,1-2H3. The molecule has 0 N–H and O–H groups in total. The van der Waals surface area contributed by atoms with Crippen LogP contribution in [0.3, 0.4) is 0 Å². The molecule has 0 spiro atoms. The molecule has 102 valence electrons. The van der Waals surface area contributed by atoms with Crippen molar-refractivity contribution in [2.75, 3.05) is 13.1 Å². The highest BCUT2D eigenvalue weighted by Crippen LogP contribution is 2.15. The molecule has 0 saturated carbocycles. The molecule has 0 radical (unpaired) electrons.